The zero-order chi connectivity index (χ0) is 17.9. The summed E-state index contributed by atoms with van der Waals surface area (Å²) in [5.41, 5.74) is 5.07. The van der Waals surface area contributed by atoms with Crippen LogP contribution in [0.25, 0.3) is 0 Å². The zero-order valence-electron chi connectivity index (χ0n) is 15.6. The molecule has 142 valence electrons. The van der Waals surface area contributed by atoms with Crippen molar-refractivity contribution in [2.75, 3.05) is 6.54 Å². The summed E-state index contributed by atoms with van der Waals surface area (Å²) in [4.78, 5) is 22.0. The summed E-state index contributed by atoms with van der Waals surface area (Å²) in [5, 5.41) is 0. The number of rotatable bonds is 16. The SMILES string of the molecule is CCCCCCCC/C=C\CCCCCCCC(=O)OC(=O)CN.[NaH]. The second-order valence-electron chi connectivity index (χ2n) is 6.38. The van der Waals surface area contributed by atoms with Crippen LogP contribution in [0, 0.1) is 0 Å². The number of ether oxygens (including phenoxy) is 1. The summed E-state index contributed by atoms with van der Waals surface area (Å²) in [6, 6.07) is 0. The number of esters is 2. The van der Waals surface area contributed by atoms with Crippen LogP contribution < -0.4 is 5.73 Å². The molecule has 0 saturated carbocycles. The van der Waals surface area contributed by atoms with E-state index in [1.54, 1.807) is 0 Å². The Bertz CT molecular complexity index is 346. The fourth-order valence-corrected chi connectivity index (χ4v) is 2.56. The first-order valence-electron chi connectivity index (χ1n) is 9.79. The molecule has 0 fully saturated rings. The Kier molecular flexibility index (Phi) is 23.7. The molecule has 0 unspecified atom stereocenters. The fourth-order valence-electron chi connectivity index (χ4n) is 2.56. The van der Waals surface area contributed by atoms with Gasteiger partial charge in [-0.1, -0.05) is 70.4 Å². The molecule has 0 aliphatic heterocycles. The fraction of sp³-hybridized carbons (Fsp3) is 0.800. The Morgan fingerprint density at radius 2 is 1.24 bits per heavy atom. The van der Waals surface area contributed by atoms with E-state index < -0.39 is 11.9 Å². The van der Waals surface area contributed by atoms with E-state index in [9.17, 15) is 9.59 Å². The Labute approximate surface area is 176 Å². The topological polar surface area (TPSA) is 69.4 Å². The minimum atomic E-state index is -0.646. The molecule has 5 heteroatoms. The average Bonchev–Trinajstić information content (AvgIpc) is 2.58. The van der Waals surface area contributed by atoms with Crippen LogP contribution in [-0.2, 0) is 14.3 Å². The van der Waals surface area contributed by atoms with Crippen LogP contribution in [0.5, 0.6) is 0 Å². The average molecular weight is 364 g/mol. The van der Waals surface area contributed by atoms with Crippen LogP contribution >= 0.6 is 0 Å². The van der Waals surface area contributed by atoms with E-state index in [2.05, 4.69) is 23.8 Å². The third kappa shape index (κ3) is 21.8. The van der Waals surface area contributed by atoms with Crippen molar-refractivity contribution >= 4 is 41.5 Å². The maximum atomic E-state index is 11.2. The van der Waals surface area contributed by atoms with Crippen molar-refractivity contribution < 1.29 is 14.3 Å². The summed E-state index contributed by atoms with van der Waals surface area (Å²) in [6.07, 6.45) is 20.8. The third-order valence-corrected chi connectivity index (χ3v) is 4.04. The summed E-state index contributed by atoms with van der Waals surface area (Å²) < 4.78 is 4.51. The predicted octanol–water partition coefficient (Wildman–Crippen LogP) is 4.40. The first-order chi connectivity index (χ1) is 11.7. The van der Waals surface area contributed by atoms with Gasteiger partial charge in [0, 0.05) is 6.42 Å². The van der Waals surface area contributed by atoms with Crippen molar-refractivity contribution in [3.63, 3.8) is 0 Å². The van der Waals surface area contributed by atoms with Crippen LogP contribution in [0.15, 0.2) is 12.2 Å². The zero-order valence-corrected chi connectivity index (χ0v) is 15.6. The summed E-state index contributed by atoms with van der Waals surface area (Å²) in [7, 11) is 0. The van der Waals surface area contributed by atoms with Gasteiger partial charge in [-0.25, -0.2) is 0 Å². The molecule has 0 heterocycles. The van der Waals surface area contributed by atoms with Crippen LogP contribution in [0.2, 0.25) is 0 Å². The van der Waals surface area contributed by atoms with Gasteiger partial charge in [-0.2, -0.15) is 0 Å². The molecule has 0 saturated heterocycles. The standard InChI is InChI=1S/C20H37NO3.Na.H/c1-2-3-4-5-6-7-8-9-10-11-12-13-14-15-16-17-19(22)24-20(23)18-21;;/h9-10H,2-8,11-18,21H2,1H3;;/b10-9-;;. The van der Waals surface area contributed by atoms with Gasteiger partial charge in [-0.3, -0.25) is 9.59 Å². The molecular formula is C20H38NNaO3. The van der Waals surface area contributed by atoms with Crippen LogP contribution in [0.1, 0.15) is 96.8 Å². The second-order valence-corrected chi connectivity index (χ2v) is 6.38. The van der Waals surface area contributed by atoms with E-state index in [0.29, 0.717) is 6.42 Å². The van der Waals surface area contributed by atoms with Crippen LogP contribution in [0.4, 0.5) is 0 Å². The molecule has 0 spiro atoms. The molecule has 0 radical (unpaired) electrons. The second kappa shape index (κ2) is 21.9. The van der Waals surface area contributed by atoms with Crippen molar-refractivity contribution in [3.05, 3.63) is 12.2 Å². The van der Waals surface area contributed by atoms with Crippen molar-refractivity contribution in [1.82, 2.24) is 0 Å². The molecule has 4 nitrogen and oxygen atoms in total. The molecule has 2 N–H and O–H groups in total. The number of allylic oxidation sites excluding steroid dienone is 2. The van der Waals surface area contributed by atoms with Gasteiger partial charge < -0.3 is 10.5 Å². The van der Waals surface area contributed by atoms with Crippen LogP contribution in [-0.4, -0.2) is 48.0 Å². The quantitative estimate of drug-likeness (QED) is 0.145. The predicted molar refractivity (Wildman–Crippen MR) is 107 cm³/mol. The Morgan fingerprint density at radius 1 is 0.760 bits per heavy atom. The molecule has 0 aliphatic rings. The molecule has 0 atom stereocenters. The molecule has 25 heavy (non-hydrogen) atoms. The van der Waals surface area contributed by atoms with Crippen molar-refractivity contribution in [2.45, 2.75) is 96.8 Å². The molecule has 0 aliphatic carbocycles. The van der Waals surface area contributed by atoms with E-state index in [1.807, 2.05) is 0 Å². The molecular weight excluding hydrogens is 325 g/mol. The first kappa shape index (κ1) is 27.1. The van der Waals surface area contributed by atoms with Crippen molar-refractivity contribution in [2.24, 2.45) is 5.73 Å². The van der Waals surface area contributed by atoms with Gasteiger partial charge in [-0.05, 0) is 32.1 Å². The van der Waals surface area contributed by atoms with E-state index in [1.165, 1.54) is 57.8 Å². The molecule has 0 aromatic rings. The minimum absolute atomic E-state index is 0. The number of unbranched alkanes of at least 4 members (excludes halogenated alkanes) is 11. The van der Waals surface area contributed by atoms with Gasteiger partial charge in [-0.15, -0.1) is 0 Å². The number of hydrogen-bond acceptors (Lipinski definition) is 4. The first-order valence-corrected chi connectivity index (χ1v) is 9.79. The van der Waals surface area contributed by atoms with Crippen LogP contribution in [0.3, 0.4) is 0 Å². The van der Waals surface area contributed by atoms with Gasteiger partial charge >= 0.3 is 41.5 Å². The summed E-state index contributed by atoms with van der Waals surface area (Å²) >= 11 is 0. The molecule has 0 amide bonds. The molecule has 0 aromatic carbocycles. The Hall–Kier alpha value is -0.160. The van der Waals surface area contributed by atoms with Gasteiger partial charge in [0.05, 0.1) is 6.54 Å². The third-order valence-electron chi connectivity index (χ3n) is 4.04. The molecule has 0 aromatic heterocycles. The molecule has 0 rings (SSSR count). The summed E-state index contributed by atoms with van der Waals surface area (Å²) in [6.45, 7) is 2.01. The van der Waals surface area contributed by atoms with Crippen molar-refractivity contribution in [3.8, 4) is 0 Å². The number of hydrogen-bond donors (Lipinski definition) is 1. The number of carbonyl (C=O) groups is 2. The van der Waals surface area contributed by atoms with E-state index >= 15 is 0 Å². The Morgan fingerprint density at radius 3 is 1.76 bits per heavy atom. The van der Waals surface area contributed by atoms with Gasteiger partial charge in [0.2, 0.25) is 0 Å². The Balaban J connectivity index is 0. The van der Waals surface area contributed by atoms with E-state index in [4.69, 9.17) is 5.73 Å². The van der Waals surface area contributed by atoms with E-state index in [-0.39, 0.29) is 36.1 Å². The van der Waals surface area contributed by atoms with Crippen molar-refractivity contribution in [1.29, 1.82) is 0 Å². The van der Waals surface area contributed by atoms with Gasteiger partial charge in [0.1, 0.15) is 0 Å². The normalized spacial score (nSPS) is 10.6. The number of carbonyl (C=O) groups excluding carboxylic acids is 2. The maximum absolute atomic E-state index is 11.2. The number of nitrogens with two attached hydrogens (primary N) is 1. The van der Waals surface area contributed by atoms with E-state index in [0.717, 1.165) is 25.7 Å². The van der Waals surface area contributed by atoms with Gasteiger partial charge in [0.15, 0.2) is 0 Å². The summed E-state index contributed by atoms with van der Waals surface area (Å²) in [5.74, 6) is -1.10. The monoisotopic (exact) mass is 363 g/mol. The molecule has 0 bridgehead atoms. The van der Waals surface area contributed by atoms with Gasteiger partial charge in [0.25, 0.3) is 0 Å².